The lowest BCUT2D eigenvalue weighted by Crippen LogP contribution is -2.32. The summed E-state index contributed by atoms with van der Waals surface area (Å²) in [4.78, 5) is 17.4. The van der Waals surface area contributed by atoms with Crippen LogP contribution in [-0.2, 0) is 18.0 Å². The molecule has 0 aliphatic heterocycles. The summed E-state index contributed by atoms with van der Waals surface area (Å²) in [5.41, 5.74) is 0.877. The van der Waals surface area contributed by atoms with Crippen molar-refractivity contribution in [3.63, 3.8) is 0 Å². The highest BCUT2D eigenvalue weighted by Crippen LogP contribution is 2.48. The minimum Gasteiger partial charge on any atom is -0.497 e. The molecule has 0 saturated heterocycles. The molecule has 2 aromatic carbocycles. The molecule has 1 aromatic heterocycles. The summed E-state index contributed by atoms with van der Waals surface area (Å²) in [5.74, 6) is 0.814. The number of aryl methyl sites for hydroxylation is 1. The van der Waals surface area contributed by atoms with Crippen molar-refractivity contribution in [2.75, 3.05) is 7.11 Å². The highest BCUT2D eigenvalue weighted by Gasteiger charge is 2.45. The SMILES string of the molecule is COc1cccc(C(NC(=O)C2CC2c2ccc(C(F)(F)F)cc2)c2nccn2C)c1. The first-order chi connectivity index (χ1) is 14.8. The largest absolute Gasteiger partial charge is 0.497 e. The van der Waals surface area contributed by atoms with Crippen molar-refractivity contribution in [2.24, 2.45) is 13.0 Å². The van der Waals surface area contributed by atoms with Gasteiger partial charge in [0.15, 0.2) is 0 Å². The number of methoxy groups -OCH3 is 1. The molecular weight excluding hydrogens is 407 g/mol. The summed E-state index contributed by atoms with van der Waals surface area (Å²) in [6.45, 7) is 0. The number of ether oxygens (including phenoxy) is 1. The number of amides is 1. The number of carbonyl (C=O) groups excluding carboxylic acids is 1. The van der Waals surface area contributed by atoms with Gasteiger partial charge in [0.05, 0.1) is 12.7 Å². The van der Waals surface area contributed by atoms with E-state index in [1.54, 1.807) is 19.5 Å². The summed E-state index contributed by atoms with van der Waals surface area (Å²) < 4.78 is 45.5. The van der Waals surface area contributed by atoms with Gasteiger partial charge in [-0.1, -0.05) is 24.3 Å². The van der Waals surface area contributed by atoms with E-state index in [1.807, 2.05) is 35.9 Å². The topological polar surface area (TPSA) is 56.1 Å². The number of imidazole rings is 1. The monoisotopic (exact) mass is 429 g/mol. The van der Waals surface area contributed by atoms with Crippen molar-refractivity contribution >= 4 is 5.91 Å². The number of alkyl halides is 3. The molecule has 3 unspecified atom stereocenters. The van der Waals surface area contributed by atoms with Crippen molar-refractivity contribution in [1.82, 2.24) is 14.9 Å². The van der Waals surface area contributed by atoms with Crippen molar-refractivity contribution in [1.29, 1.82) is 0 Å². The third-order valence-electron chi connectivity index (χ3n) is 5.62. The third-order valence-corrected chi connectivity index (χ3v) is 5.62. The molecular formula is C23H22F3N3O2. The van der Waals surface area contributed by atoms with Crippen molar-refractivity contribution in [2.45, 2.75) is 24.6 Å². The number of rotatable bonds is 6. The molecule has 1 heterocycles. The maximum Gasteiger partial charge on any atom is 0.416 e. The van der Waals surface area contributed by atoms with Crippen molar-refractivity contribution < 1.29 is 22.7 Å². The Morgan fingerprint density at radius 2 is 1.97 bits per heavy atom. The van der Waals surface area contributed by atoms with Crippen LogP contribution < -0.4 is 10.1 Å². The lowest BCUT2D eigenvalue weighted by molar-refractivity contribution is -0.137. The minimum absolute atomic E-state index is 0.0883. The van der Waals surface area contributed by atoms with Gasteiger partial charge in [0, 0.05) is 25.4 Å². The maximum absolute atomic E-state index is 13.0. The predicted molar refractivity (Wildman–Crippen MR) is 108 cm³/mol. The Morgan fingerprint density at radius 1 is 1.23 bits per heavy atom. The summed E-state index contributed by atoms with van der Waals surface area (Å²) in [7, 11) is 3.43. The minimum atomic E-state index is -4.37. The molecule has 31 heavy (non-hydrogen) atoms. The molecule has 8 heteroatoms. The Balaban J connectivity index is 1.52. The van der Waals surface area contributed by atoms with Gasteiger partial charge in [0.1, 0.15) is 17.6 Å². The van der Waals surface area contributed by atoms with Crippen LogP contribution in [0.5, 0.6) is 5.75 Å². The fourth-order valence-electron chi connectivity index (χ4n) is 3.80. The molecule has 3 atom stereocenters. The second-order valence-electron chi connectivity index (χ2n) is 7.68. The zero-order valence-corrected chi connectivity index (χ0v) is 17.1. The van der Waals surface area contributed by atoms with E-state index in [2.05, 4.69) is 10.3 Å². The number of carbonyl (C=O) groups is 1. The molecule has 1 N–H and O–H groups in total. The van der Waals surface area contributed by atoms with Crippen LogP contribution >= 0.6 is 0 Å². The number of benzene rings is 2. The molecule has 3 aromatic rings. The van der Waals surface area contributed by atoms with Gasteiger partial charge in [-0.25, -0.2) is 4.98 Å². The van der Waals surface area contributed by atoms with Crippen LogP contribution in [0.2, 0.25) is 0 Å². The van der Waals surface area contributed by atoms with Crippen molar-refractivity contribution in [3.05, 3.63) is 83.4 Å². The second kappa shape index (κ2) is 8.09. The van der Waals surface area contributed by atoms with Gasteiger partial charge < -0.3 is 14.6 Å². The number of nitrogens with zero attached hydrogens (tertiary/aromatic N) is 2. The van der Waals surface area contributed by atoms with Crippen LogP contribution in [0.25, 0.3) is 0 Å². The summed E-state index contributed by atoms with van der Waals surface area (Å²) in [6.07, 6.45) is -0.304. The average Bonchev–Trinajstić information content (AvgIpc) is 3.46. The zero-order chi connectivity index (χ0) is 22.2. The summed E-state index contributed by atoms with van der Waals surface area (Å²) in [6, 6.07) is 12.0. The Labute approximate surface area is 177 Å². The highest BCUT2D eigenvalue weighted by molar-refractivity contribution is 5.83. The van der Waals surface area contributed by atoms with Gasteiger partial charge in [0.2, 0.25) is 5.91 Å². The highest BCUT2D eigenvalue weighted by atomic mass is 19.4. The Bertz CT molecular complexity index is 1080. The third kappa shape index (κ3) is 4.42. The van der Waals surface area contributed by atoms with E-state index < -0.39 is 17.8 Å². The molecule has 1 amide bonds. The van der Waals surface area contributed by atoms with Crippen LogP contribution in [0.4, 0.5) is 13.2 Å². The molecule has 1 aliphatic carbocycles. The molecule has 0 radical (unpaired) electrons. The van der Waals surface area contributed by atoms with E-state index in [9.17, 15) is 18.0 Å². The van der Waals surface area contributed by atoms with E-state index in [0.29, 0.717) is 18.0 Å². The van der Waals surface area contributed by atoms with E-state index in [-0.39, 0.29) is 17.7 Å². The van der Waals surface area contributed by atoms with E-state index in [0.717, 1.165) is 23.3 Å². The summed E-state index contributed by atoms with van der Waals surface area (Å²) in [5, 5.41) is 3.07. The van der Waals surface area contributed by atoms with Crippen LogP contribution in [0.3, 0.4) is 0 Å². The van der Waals surface area contributed by atoms with Crippen LogP contribution in [0.15, 0.2) is 60.9 Å². The molecule has 1 fully saturated rings. The first-order valence-corrected chi connectivity index (χ1v) is 9.86. The molecule has 0 spiro atoms. The van der Waals surface area contributed by atoms with Crippen LogP contribution in [0, 0.1) is 5.92 Å². The molecule has 1 aliphatic rings. The number of nitrogens with one attached hydrogen (secondary N) is 1. The maximum atomic E-state index is 13.0. The zero-order valence-electron chi connectivity index (χ0n) is 17.1. The number of hydrogen-bond acceptors (Lipinski definition) is 3. The van der Waals surface area contributed by atoms with Gasteiger partial charge in [0.25, 0.3) is 0 Å². The van der Waals surface area contributed by atoms with Gasteiger partial charge in [-0.05, 0) is 47.7 Å². The quantitative estimate of drug-likeness (QED) is 0.630. The standard InChI is InChI=1S/C23H22F3N3O2/c1-29-11-10-27-21(29)20(15-4-3-5-17(12-15)31-2)28-22(30)19-13-18(19)14-6-8-16(9-7-14)23(24,25)26/h3-12,18-20H,13H2,1-2H3,(H,28,30). The first kappa shape index (κ1) is 21.0. The predicted octanol–water partition coefficient (Wildman–Crippen LogP) is 4.46. The van der Waals surface area contributed by atoms with Crippen molar-refractivity contribution in [3.8, 4) is 5.75 Å². The van der Waals surface area contributed by atoms with Gasteiger partial charge >= 0.3 is 6.18 Å². The first-order valence-electron chi connectivity index (χ1n) is 9.86. The van der Waals surface area contributed by atoms with E-state index in [1.165, 1.54) is 12.1 Å². The number of aromatic nitrogens is 2. The van der Waals surface area contributed by atoms with Crippen LogP contribution in [0.1, 0.15) is 40.9 Å². The van der Waals surface area contributed by atoms with Crippen LogP contribution in [-0.4, -0.2) is 22.6 Å². The Kier molecular flexibility index (Phi) is 5.47. The smallest absolute Gasteiger partial charge is 0.416 e. The van der Waals surface area contributed by atoms with E-state index in [4.69, 9.17) is 4.74 Å². The molecule has 5 nitrogen and oxygen atoms in total. The molecule has 0 bridgehead atoms. The normalized spacial score (nSPS) is 19.0. The second-order valence-corrected chi connectivity index (χ2v) is 7.68. The average molecular weight is 429 g/mol. The summed E-state index contributed by atoms with van der Waals surface area (Å²) >= 11 is 0. The number of halogens is 3. The lowest BCUT2D eigenvalue weighted by Gasteiger charge is -2.20. The Morgan fingerprint density at radius 3 is 2.58 bits per heavy atom. The number of hydrogen-bond donors (Lipinski definition) is 1. The Hall–Kier alpha value is -3.29. The van der Waals surface area contributed by atoms with Gasteiger partial charge in [-0.15, -0.1) is 0 Å². The van der Waals surface area contributed by atoms with E-state index >= 15 is 0 Å². The fraction of sp³-hybridized carbons (Fsp3) is 0.304. The molecule has 1 saturated carbocycles. The fourth-order valence-corrected chi connectivity index (χ4v) is 3.80. The van der Waals surface area contributed by atoms with Gasteiger partial charge in [-0.2, -0.15) is 13.2 Å². The molecule has 162 valence electrons. The lowest BCUT2D eigenvalue weighted by atomic mass is 10.0. The molecule has 4 rings (SSSR count). The van der Waals surface area contributed by atoms with Gasteiger partial charge in [-0.3, -0.25) is 4.79 Å².